The van der Waals surface area contributed by atoms with Crippen LogP contribution in [-0.4, -0.2) is 45.7 Å². The quantitative estimate of drug-likeness (QED) is 0.341. The lowest BCUT2D eigenvalue weighted by molar-refractivity contribution is -0.137. The first-order valence-corrected chi connectivity index (χ1v) is 9.38. The summed E-state index contributed by atoms with van der Waals surface area (Å²) in [5.41, 5.74) is 0. The minimum Gasteiger partial charge on any atom is -0.481 e. The molecule has 0 spiro atoms. The summed E-state index contributed by atoms with van der Waals surface area (Å²) < 4.78 is 0. The molecule has 2 unspecified atom stereocenters. The Balaban J connectivity index is 2.31. The molecule has 0 aliphatic carbocycles. The molecule has 0 radical (unpaired) electrons. The first-order valence-electron chi connectivity index (χ1n) is 9.38. The van der Waals surface area contributed by atoms with Crippen molar-refractivity contribution in [2.45, 2.75) is 83.3 Å². The van der Waals surface area contributed by atoms with Crippen LogP contribution in [0, 0.1) is 11.8 Å². The molecule has 140 valence electrons. The number of likely N-dealkylation sites (tertiary alicyclic amines) is 1. The van der Waals surface area contributed by atoms with Gasteiger partial charge in [0.15, 0.2) is 0 Å². The lowest BCUT2D eigenvalue weighted by Gasteiger charge is -2.22. The first kappa shape index (κ1) is 21.2. The predicted octanol–water partition coefficient (Wildman–Crippen LogP) is 3.12. The van der Waals surface area contributed by atoms with Crippen LogP contribution in [0.15, 0.2) is 12.2 Å². The third-order valence-electron chi connectivity index (χ3n) is 4.34. The van der Waals surface area contributed by atoms with Crippen molar-refractivity contribution in [3.63, 3.8) is 0 Å². The minimum absolute atomic E-state index is 0.0721. The van der Waals surface area contributed by atoms with Gasteiger partial charge in [0, 0.05) is 32.2 Å². The third-order valence-corrected chi connectivity index (χ3v) is 4.34. The molecule has 5 heteroatoms. The van der Waals surface area contributed by atoms with Gasteiger partial charge in [-0.15, -0.1) is 11.8 Å². The summed E-state index contributed by atoms with van der Waals surface area (Å²) in [5, 5.41) is 18.6. The van der Waals surface area contributed by atoms with Crippen molar-refractivity contribution in [2.24, 2.45) is 0 Å². The Morgan fingerprint density at radius 3 is 2.80 bits per heavy atom. The molecule has 1 rings (SSSR count). The molecule has 0 aromatic carbocycles. The molecular formula is C20H31NO4. The van der Waals surface area contributed by atoms with Crippen LogP contribution in [0.1, 0.15) is 71.1 Å². The van der Waals surface area contributed by atoms with Crippen LogP contribution in [-0.2, 0) is 9.59 Å². The molecule has 2 atom stereocenters. The Morgan fingerprint density at radius 2 is 2.08 bits per heavy atom. The van der Waals surface area contributed by atoms with Crippen molar-refractivity contribution in [2.75, 3.05) is 6.54 Å². The highest BCUT2D eigenvalue weighted by Gasteiger charge is 2.28. The van der Waals surface area contributed by atoms with Gasteiger partial charge in [0.25, 0.3) is 0 Å². The molecule has 5 nitrogen and oxygen atoms in total. The van der Waals surface area contributed by atoms with E-state index in [0.717, 1.165) is 32.1 Å². The van der Waals surface area contributed by atoms with Crippen molar-refractivity contribution in [1.82, 2.24) is 4.90 Å². The molecule has 1 amide bonds. The smallest absolute Gasteiger partial charge is 0.303 e. The van der Waals surface area contributed by atoms with Gasteiger partial charge in [-0.25, -0.2) is 0 Å². The van der Waals surface area contributed by atoms with Crippen molar-refractivity contribution in [3.05, 3.63) is 12.2 Å². The number of carbonyl (C=O) groups is 2. The van der Waals surface area contributed by atoms with E-state index in [2.05, 4.69) is 11.8 Å². The molecule has 0 bridgehead atoms. The van der Waals surface area contributed by atoms with Crippen LogP contribution < -0.4 is 0 Å². The Labute approximate surface area is 151 Å². The fraction of sp³-hybridized carbons (Fsp3) is 0.700. The van der Waals surface area contributed by atoms with Gasteiger partial charge in [-0.1, -0.05) is 31.9 Å². The Morgan fingerprint density at radius 1 is 1.32 bits per heavy atom. The fourth-order valence-electron chi connectivity index (χ4n) is 2.94. The number of nitrogens with zero attached hydrogens (tertiary/aromatic N) is 1. The van der Waals surface area contributed by atoms with E-state index in [1.807, 2.05) is 17.9 Å². The average molecular weight is 349 g/mol. The standard InChI is InChI=1S/C20H31NO4/c1-2-3-4-7-10-18(22)14-12-17-13-15-19(23)21(17)16-9-6-5-8-11-20(24)25/h12,14,17-18,22H,2,5-11,13,15-16H2,1H3,(H,24,25). The second kappa shape index (κ2) is 12.5. The molecule has 1 aliphatic heterocycles. The van der Waals surface area contributed by atoms with Gasteiger partial charge in [0.05, 0.1) is 12.1 Å². The molecule has 0 saturated carbocycles. The van der Waals surface area contributed by atoms with Gasteiger partial charge in [0.1, 0.15) is 0 Å². The molecule has 0 aromatic heterocycles. The Hall–Kier alpha value is -1.80. The molecule has 1 aliphatic rings. The number of rotatable bonds is 11. The summed E-state index contributed by atoms with van der Waals surface area (Å²) in [4.78, 5) is 24.4. The Kier molecular flexibility index (Phi) is 10.7. The zero-order chi connectivity index (χ0) is 18.5. The topological polar surface area (TPSA) is 77.8 Å². The summed E-state index contributed by atoms with van der Waals surface area (Å²) in [6.07, 6.45) is 10.3. The number of carboxylic acids is 1. The number of hydrogen-bond acceptors (Lipinski definition) is 3. The molecule has 2 N–H and O–H groups in total. The molecule has 1 fully saturated rings. The van der Waals surface area contributed by atoms with Gasteiger partial charge in [-0.05, 0) is 25.7 Å². The SMILES string of the molecule is CCC#CCCC(O)C=CC1CCC(=O)N1CCCCCCC(=O)O. The molecular weight excluding hydrogens is 318 g/mol. The van der Waals surface area contributed by atoms with Crippen LogP contribution >= 0.6 is 0 Å². The molecule has 0 aromatic rings. The number of amides is 1. The van der Waals surface area contributed by atoms with Crippen molar-refractivity contribution >= 4 is 11.9 Å². The summed E-state index contributed by atoms with van der Waals surface area (Å²) >= 11 is 0. The predicted molar refractivity (Wildman–Crippen MR) is 97.9 cm³/mol. The lowest BCUT2D eigenvalue weighted by atomic mass is 10.1. The van der Waals surface area contributed by atoms with Gasteiger partial charge in [-0.2, -0.15) is 0 Å². The summed E-state index contributed by atoms with van der Waals surface area (Å²) in [5.74, 6) is 5.42. The number of aliphatic hydroxyl groups excluding tert-OH is 1. The summed E-state index contributed by atoms with van der Waals surface area (Å²) in [7, 11) is 0. The number of carboxylic acid groups (broad SMARTS) is 1. The number of unbranched alkanes of at least 4 members (excludes halogenated alkanes) is 3. The van der Waals surface area contributed by atoms with E-state index in [1.54, 1.807) is 6.08 Å². The van der Waals surface area contributed by atoms with Gasteiger partial charge in [0.2, 0.25) is 5.91 Å². The van der Waals surface area contributed by atoms with Crippen molar-refractivity contribution in [3.8, 4) is 11.8 Å². The normalized spacial score (nSPS) is 18.4. The number of aliphatic carboxylic acids is 1. The number of aliphatic hydroxyl groups is 1. The van der Waals surface area contributed by atoms with Crippen molar-refractivity contribution < 1.29 is 19.8 Å². The van der Waals surface area contributed by atoms with E-state index >= 15 is 0 Å². The second-order valence-electron chi connectivity index (χ2n) is 6.45. The van der Waals surface area contributed by atoms with Crippen LogP contribution in [0.25, 0.3) is 0 Å². The fourth-order valence-corrected chi connectivity index (χ4v) is 2.94. The monoisotopic (exact) mass is 349 g/mol. The molecule has 1 saturated heterocycles. The first-order chi connectivity index (χ1) is 12.0. The highest BCUT2D eigenvalue weighted by Crippen LogP contribution is 2.21. The van der Waals surface area contributed by atoms with Gasteiger partial charge >= 0.3 is 5.97 Å². The van der Waals surface area contributed by atoms with Crippen LogP contribution in [0.5, 0.6) is 0 Å². The summed E-state index contributed by atoms with van der Waals surface area (Å²) in [6.45, 7) is 2.71. The summed E-state index contributed by atoms with van der Waals surface area (Å²) in [6, 6.07) is 0.0721. The van der Waals surface area contributed by atoms with Gasteiger partial charge < -0.3 is 15.1 Å². The molecule has 1 heterocycles. The number of hydrogen-bond donors (Lipinski definition) is 2. The largest absolute Gasteiger partial charge is 0.481 e. The van der Waals surface area contributed by atoms with Crippen LogP contribution in [0.4, 0.5) is 0 Å². The highest BCUT2D eigenvalue weighted by atomic mass is 16.4. The van der Waals surface area contributed by atoms with Crippen LogP contribution in [0.2, 0.25) is 0 Å². The second-order valence-corrected chi connectivity index (χ2v) is 6.45. The zero-order valence-corrected chi connectivity index (χ0v) is 15.2. The van der Waals surface area contributed by atoms with E-state index in [1.165, 1.54) is 0 Å². The van der Waals surface area contributed by atoms with E-state index < -0.39 is 12.1 Å². The Bertz CT molecular complexity index is 504. The van der Waals surface area contributed by atoms with Crippen LogP contribution in [0.3, 0.4) is 0 Å². The third kappa shape index (κ3) is 9.31. The highest BCUT2D eigenvalue weighted by molar-refractivity contribution is 5.79. The van der Waals surface area contributed by atoms with E-state index in [9.17, 15) is 14.7 Å². The molecule has 25 heavy (non-hydrogen) atoms. The average Bonchev–Trinajstić information content (AvgIpc) is 2.93. The van der Waals surface area contributed by atoms with E-state index in [4.69, 9.17) is 5.11 Å². The maximum absolute atomic E-state index is 12.0. The maximum atomic E-state index is 12.0. The van der Waals surface area contributed by atoms with Crippen molar-refractivity contribution in [1.29, 1.82) is 0 Å². The minimum atomic E-state index is -0.751. The zero-order valence-electron chi connectivity index (χ0n) is 15.2. The number of carbonyl (C=O) groups excluding carboxylic acids is 1. The van der Waals surface area contributed by atoms with E-state index in [0.29, 0.717) is 32.2 Å². The maximum Gasteiger partial charge on any atom is 0.303 e. The lowest BCUT2D eigenvalue weighted by Crippen LogP contribution is -2.32. The van der Waals surface area contributed by atoms with Gasteiger partial charge in [-0.3, -0.25) is 9.59 Å². The van der Waals surface area contributed by atoms with E-state index in [-0.39, 0.29) is 18.4 Å².